The molecule has 0 saturated heterocycles. The zero-order valence-corrected chi connectivity index (χ0v) is 16.5. The molecule has 0 aromatic heterocycles. The molecule has 144 valence electrons. The lowest BCUT2D eigenvalue weighted by atomic mass is 10.1. The minimum atomic E-state index is 0.0284. The van der Waals surface area contributed by atoms with Gasteiger partial charge < -0.3 is 15.5 Å². The van der Waals surface area contributed by atoms with E-state index in [9.17, 15) is 4.79 Å². The summed E-state index contributed by atoms with van der Waals surface area (Å²) in [7, 11) is 3.54. The monoisotopic (exact) mass is 366 g/mol. The van der Waals surface area contributed by atoms with E-state index >= 15 is 0 Å². The molecule has 0 heterocycles. The Hall–Kier alpha value is -2.82. The third-order valence-electron chi connectivity index (χ3n) is 4.14. The lowest BCUT2D eigenvalue weighted by Gasteiger charge is -2.13. The maximum absolute atomic E-state index is 12.1. The Kier molecular flexibility index (Phi) is 8.36. The molecule has 2 N–H and O–H groups in total. The molecular formula is C22H30N4O. The second-order valence-corrected chi connectivity index (χ2v) is 6.57. The first-order chi connectivity index (χ1) is 13.1. The van der Waals surface area contributed by atoms with Crippen molar-refractivity contribution in [2.45, 2.75) is 19.8 Å². The average molecular weight is 367 g/mol. The first kappa shape index (κ1) is 20.5. The van der Waals surface area contributed by atoms with Crippen LogP contribution < -0.4 is 10.6 Å². The van der Waals surface area contributed by atoms with Crippen LogP contribution in [0, 0.1) is 0 Å². The topological polar surface area (TPSA) is 56.7 Å². The van der Waals surface area contributed by atoms with E-state index in [0.717, 1.165) is 49.6 Å². The van der Waals surface area contributed by atoms with Gasteiger partial charge in [-0.25, -0.2) is 0 Å². The first-order valence-corrected chi connectivity index (χ1v) is 9.47. The van der Waals surface area contributed by atoms with Gasteiger partial charge in [0.15, 0.2) is 5.96 Å². The largest absolute Gasteiger partial charge is 0.357 e. The third kappa shape index (κ3) is 7.13. The van der Waals surface area contributed by atoms with E-state index < -0.39 is 0 Å². The lowest BCUT2D eigenvalue weighted by Crippen LogP contribution is -2.38. The van der Waals surface area contributed by atoms with Crippen molar-refractivity contribution in [1.29, 1.82) is 0 Å². The number of carbonyl (C=O) groups is 1. The van der Waals surface area contributed by atoms with Crippen LogP contribution in [0.2, 0.25) is 0 Å². The summed E-state index contributed by atoms with van der Waals surface area (Å²) in [6, 6.07) is 18.2. The minimum absolute atomic E-state index is 0.0284. The van der Waals surface area contributed by atoms with Gasteiger partial charge in [-0.2, -0.15) is 0 Å². The van der Waals surface area contributed by atoms with Crippen LogP contribution in [0.4, 0.5) is 0 Å². The van der Waals surface area contributed by atoms with Gasteiger partial charge in [-0.1, -0.05) is 42.5 Å². The third-order valence-corrected chi connectivity index (χ3v) is 4.14. The Labute approximate surface area is 162 Å². The van der Waals surface area contributed by atoms with Crippen molar-refractivity contribution in [1.82, 2.24) is 15.5 Å². The van der Waals surface area contributed by atoms with E-state index in [-0.39, 0.29) is 5.91 Å². The van der Waals surface area contributed by atoms with Gasteiger partial charge in [0.1, 0.15) is 0 Å². The van der Waals surface area contributed by atoms with Crippen molar-refractivity contribution in [3.8, 4) is 0 Å². The van der Waals surface area contributed by atoms with Gasteiger partial charge in [0, 0.05) is 39.3 Å². The number of aliphatic imine (C=N–C) groups is 1. The summed E-state index contributed by atoms with van der Waals surface area (Å²) >= 11 is 0. The van der Waals surface area contributed by atoms with Gasteiger partial charge in [0.2, 0.25) is 0 Å². The van der Waals surface area contributed by atoms with Crippen LogP contribution >= 0.6 is 0 Å². The minimum Gasteiger partial charge on any atom is -0.357 e. The smallest absolute Gasteiger partial charge is 0.253 e. The summed E-state index contributed by atoms with van der Waals surface area (Å²) in [4.78, 5) is 18.3. The maximum atomic E-state index is 12.1. The second kappa shape index (κ2) is 11.0. The average Bonchev–Trinajstić information content (AvgIpc) is 2.68. The Morgan fingerprint density at radius 3 is 2.41 bits per heavy atom. The fraction of sp³-hybridized carbons (Fsp3) is 0.364. The second-order valence-electron chi connectivity index (χ2n) is 6.57. The van der Waals surface area contributed by atoms with E-state index in [2.05, 4.69) is 46.8 Å². The number of benzene rings is 2. The molecule has 27 heavy (non-hydrogen) atoms. The fourth-order valence-corrected chi connectivity index (χ4v) is 2.73. The number of nitrogens with one attached hydrogen (secondary N) is 2. The SMILES string of the molecule is CCNC(=NCCc1ccccc1)NCCc1cccc(C(=O)N(C)C)c1. The number of carbonyl (C=O) groups excluding carboxylic acids is 1. The van der Waals surface area contributed by atoms with Gasteiger partial charge in [0.05, 0.1) is 0 Å². The van der Waals surface area contributed by atoms with Crippen molar-refractivity contribution in [3.63, 3.8) is 0 Å². The molecule has 1 amide bonds. The molecule has 0 aliphatic rings. The molecule has 0 aliphatic heterocycles. The molecule has 2 rings (SSSR count). The van der Waals surface area contributed by atoms with Crippen molar-refractivity contribution >= 4 is 11.9 Å². The number of hydrogen-bond donors (Lipinski definition) is 2. The number of nitrogens with zero attached hydrogens (tertiary/aromatic N) is 2. The highest BCUT2D eigenvalue weighted by molar-refractivity contribution is 5.94. The first-order valence-electron chi connectivity index (χ1n) is 9.47. The summed E-state index contributed by atoms with van der Waals surface area (Å²) in [5, 5.41) is 6.65. The van der Waals surface area contributed by atoms with Gasteiger partial charge in [-0.05, 0) is 43.0 Å². The number of guanidine groups is 1. The molecule has 0 bridgehead atoms. The summed E-state index contributed by atoms with van der Waals surface area (Å²) in [6.07, 6.45) is 1.75. The molecule has 0 saturated carbocycles. The summed E-state index contributed by atoms with van der Waals surface area (Å²) < 4.78 is 0. The van der Waals surface area contributed by atoms with Crippen LogP contribution in [0.5, 0.6) is 0 Å². The highest BCUT2D eigenvalue weighted by Crippen LogP contribution is 2.07. The molecule has 5 heteroatoms. The molecular weight excluding hydrogens is 336 g/mol. The Bertz CT molecular complexity index is 741. The zero-order valence-electron chi connectivity index (χ0n) is 16.5. The van der Waals surface area contributed by atoms with Crippen LogP contribution in [-0.4, -0.2) is 50.5 Å². The van der Waals surface area contributed by atoms with Crippen molar-refractivity contribution in [2.24, 2.45) is 4.99 Å². The van der Waals surface area contributed by atoms with Crippen molar-refractivity contribution < 1.29 is 4.79 Å². The summed E-state index contributed by atoms with van der Waals surface area (Å²) in [6.45, 7) is 4.39. The van der Waals surface area contributed by atoms with Crippen LogP contribution in [0.25, 0.3) is 0 Å². The summed E-state index contributed by atoms with van der Waals surface area (Å²) in [5.41, 5.74) is 3.15. The molecule has 0 aliphatic carbocycles. The van der Waals surface area contributed by atoms with E-state index in [4.69, 9.17) is 0 Å². The van der Waals surface area contributed by atoms with Crippen molar-refractivity contribution in [3.05, 3.63) is 71.3 Å². The van der Waals surface area contributed by atoms with Gasteiger partial charge in [0.25, 0.3) is 5.91 Å². The molecule has 0 fully saturated rings. The quantitative estimate of drug-likeness (QED) is 0.558. The predicted octanol–water partition coefficient (Wildman–Crippen LogP) is 2.73. The molecule has 2 aromatic rings. The van der Waals surface area contributed by atoms with Gasteiger partial charge in [-0.3, -0.25) is 9.79 Å². The number of rotatable bonds is 8. The maximum Gasteiger partial charge on any atom is 0.253 e. The van der Waals surface area contributed by atoms with Crippen LogP contribution in [-0.2, 0) is 12.8 Å². The number of hydrogen-bond acceptors (Lipinski definition) is 2. The van der Waals surface area contributed by atoms with E-state index in [1.165, 1.54) is 5.56 Å². The lowest BCUT2D eigenvalue weighted by molar-refractivity contribution is 0.0827. The van der Waals surface area contributed by atoms with E-state index in [0.29, 0.717) is 0 Å². The van der Waals surface area contributed by atoms with Crippen molar-refractivity contribution in [2.75, 3.05) is 33.7 Å². The van der Waals surface area contributed by atoms with E-state index in [1.54, 1.807) is 19.0 Å². The highest BCUT2D eigenvalue weighted by atomic mass is 16.2. The highest BCUT2D eigenvalue weighted by Gasteiger charge is 2.08. The molecule has 0 spiro atoms. The fourth-order valence-electron chi connectivity index (χ4n) is 2.73. The van der Waals surface area contributed by atoms with Gasteiger partial charge >= 0.3 is 0 Å². The Morgan fingerprint density at radius 1 is 0.963 bits per heavy atom. The summed E-state index contributed by atoms with van der Waals surface area (Å²) in [5.74, 6) is 0.856. The van der Waals surface area contributed by atoms with Gasteiger partial charge in [-0.15, -0.1) is 0 Å². The zero-order chi connectivity index (χ0) is 19.5. The Balaban J connectivity index is 1.86. The predicted molar refractivity (Wildman–Crippen MR) is 112 cm³/mol. The molecule has 2 aromatic carbocycles. The van der Waals surface area contributed by atoms with E-state index in [1.807, 2.05) is 30.3 Å². The van der Waals surface area contributed by atoms with Crippen LogP contribution in [0.1, 0.15) is 28.4 Å². The molecule has 0 atom stereocenters. The standard InChI is InChI=1S/C22H30N4O/c1-4-23-22(24-15-13-18-9-6-5-7-10-18)25-16-14-19-11-8-12-20(17-19)21(27)26(2)3/h5-12,17H,4,13-16H2,1-3H3,(H2,23,24,25). The Morgan fingerprint density at radius 2 is 1.70 bits per heavy atom. The van der Waals surface area contributed by atoms with Crippen LogP contribution in [0.3, 0.4) is 0 Å². The molecule has 5 nitrogen and oxygen atoms in total. The van der Waals surface area contributed by atoms with Crippen LogP contribution in [0.15, 0.2) is 59.6 Å². The normalized spacial score (nSPS) is 11.1. The molecule has 0 radical (unpaired) electrons. The molecule has 0 unspecified atom stereocenters. The number of amides is 1.